The summed E-state index contributed by atoms with van der Waals surface area (Å²) in [6.07, 6.45) is 1.74. The van der Waals surface area contributed by atoms with Gasteiger partial charge in [0, 0.05) is 4.47 Å². The van der Waals surface area contributed by atoms with E-state index in [1.54, 1.807) is 42.5 Å². The molecule has 0 atom stereocenters. The molecule has 0 aliphatic heterocycles. The molecule has 1 amide bonds. The van der Waals surface area contributed by atoms with Gasteiger partial charge >= 0.3 is 5.97 Å². The summed E-state index contributed by atoms with van der Waals surface area (Å²) >= 11 is 3.35. The van der Waals surface area contributed by atoms with Gasteiger partial charge in [0.1, 0.15) is 5.75 Å². The Hall–Kier alpha value is -3.77. The fourth-order valence-corrected chi connectivity index (χ4v) is 3.73. The number of carbonyl (C=O) groups excluding carboxylic acids is 2. The van der Waals surface area contributed by atoms with Crippen molar-refractivity contribution in [2.75, 3.05) is 0 Å². The highest BCUT2D eigenvalue weighted by Gasteiger charge is 2.12. The Morgan fingerprint density at radius 1 is 0.906 bits per heavy atom. The van der Waals surface area contributed by atoms with Gasteiger partial charge in [-0.05, 0) is 62.1 Å². The number of benzene rings is 4. The predicted molar refractivity (Wildman–Crippen MR) is 129 cm³/mol. The normalized spacial score (nSPS) is 10.9. The van der Waals surface area contributed by atoms with Crippen LogP contribution < -0.4 is 10.2 Å². The highest BCUT2D eigenvalue weighted by Crippen LogP contribution is 2.20. The number of carbonyl (C=O) groups is 2. The minimum absolute atomic E-state index is 0.214. The van der Waals surface area contributed by atoms with E-state index >= 15 is 0 Å². The largest absolute Gasteiger partial charge is 0.423 e. The van der Waals surface area contributed by atoms with Gasteiger partial charge in [0.15, 0.2) is 0 Å². The smallest absolute Gasteiger partial charge is 0.344 e. The van der Waals surface area contributed by atoms with Crippen LogP contribution in [0.15, 0.2) is 101 Å². The van der Waals surface area contributed by atoms with Gasteiger partial charge in [-0.2, -0.15) is 5.10 Å². The highest BCUT2D eigenvalue weighted by atomic mass is 79.9. The van der Waals surface area contributed by atoms with Gasteiger partial charge in [0.2, 0.25) is 5.91 Å². The fourth-order valence-electron chi connectivity index (χ4n) is 3.29. The lowest BCUT2D eigenvalue weighted by atomic mass is 10.0. The van der Waals surface area contributed by atoms with Gasteiger partial charge in [0.25, 0.3) is 0 Å². The van der Waals surface area contributed by atoms with Crippen LogP contribution in [0.5, 0.6) is 5.75 Å². The van der Waals surface area contributed by atoms with Crippen LogP contribution in [0.25, 0.3) is 10.8 Å². The van der Waals surface area contributed by atoms with Crippen molar-refractivity contribution in [1.82, 2.24) is 5.43 Å². The van der Waals surface area contributed by atoms with Crippen LogP contribution in [0.1, 0.15) is 21.5 Å². The molecule has 4 aromatic rings. The van der Waals surface area contributed by atoms with Crippen molar-refractivity contribution in [2.45, 2.75) is 6.42 Å². The molecule has 0 aromatic heterocycles. The summed E-state index contributed by atoms with van der Waals surface area (Å²) in [4.78, 5) is 24.7. The predicted octanol–water partition coefficient (Wildman–Crippen LogP) is 5.51. The Morgan fingerprint density at radius 3 is 2.53 bits per heavy atom. The highest BCUT2D eigenvalue weighted by molar-refractivity contribution is 9.10. The van der Waals surface area contributed by atoms with E-state index in [1.165, 1.54) is 6.21 Å². The first-order valence-electron chi connectivity index (χ1n) is 9.95. The summed E-state index contributed by atoms with van der Waals surface area (Å²) in [6, 6.07) is 27.8. The third kappa shape index (κ3) is 5.28. The minimum atomic E-state index is -0.463. The molecule has 0 spiro atoms. The van der Waals surface area contributed by atoms with Crippen LogP contribution in [0, 0.1) is 0 Å². The maximum atomic E-state index is 12.4. The summed E-state index contributed by atoms with van der Waals surface area (Å²) in [5.74, 6) is -0.291. The maximum Gasteiger partial charge on any atom is 0.344 e. The van der Waals surface area contributed by atoms with E-state index in [-0.39, 0.29) is 12.3 Å². The lowest BCUT2D eigenvalue weighted by Crippen LogP contribution is -2.19. The average Bonchev–Trinajstić information content (AvgIpc) is 2.80. The molecular weight excluding hydrogens is 468 g/mol. The number of fused-ring (bicyclic) bond motifs is 1. The van der Waals surface area contributed by atoms with Crippen LogP contribution in [-0.4, -0.2) is 18.1 Å². The molecule has 4 aromatic carbocycles. The van der Waals surface area contributed by atoms with Crippen LogP contribution in [-0.2, 0) is 11.2 Å². The number of ether oxygens (including phenoxy) is 1. The Bertz CT molecular complexity index is 1310. The van der Waals surface area contributed by atoms with E-state index in [0.29, 0.717) is 21.3 Å². The number of esters is 1. The monoisotopic (exact) mass is 486 g/mol. The zero-order valence-corrected chi connectivity index (χ0v) is 18.6. The maximum absolute atomic E-state index is 12.4. The van der Waals surface area contributed by atoms with Crippen LogP contribution in [0.4, 0.5) is 0 Å². The van der Waals surface area contributed by atoms with Crippen molar-refractivity contribution in [1.29, 1.82) is 0 Å². The third-order valence-electron chi connectivity index (χ3n) is 4.80. The molecule has 0 saturated carbocycles. The minimum Gasteiger partial charge on any atom is -0.423 e. The number of halogens is 1. The first-order chi connectivity index (χ1) is 15.6. The van der Waals surface area contributed by atoms with Crippen LogP contribution in [0.3, 0.4) is 0 Å². The molecule has 6 heteroatoms. The standard InChI is InChI=1S/C26H19BrN2O3/c27-24-14-4-3-13-23(24)26(31)32-21-11-5-7-18(15-21)17-28-29-25(30)16-20-10-6-9-19-8-1-2-12-22(19)20/h1-15,17H,16H2,(H,29,30)/b28-17+. The Balaban J connectivity index is 1.38. The fraction of sp³-hybridized carbons (Fsp3) is 0.0385. The zero-order valence-electron chi connectivity index (χ0n) is 17.0. The molecule has 1 N–H and O–H groups in total. The molecule has 0 aliphatic rings. The van der Waals surface area contributed by atoms with Crippen LogP contribution >= 0.6 is 15.9 Å². The van der Waals surface area contributed by atoms with Gasteiger partial charge in [-0.15, -0.1) is 0 Å². The van der Waals surface area contributed by atoms with Crippen LogP contribution in [0.2, 0.25) is 0 Å². The van der Waals surface area contributed by atoms with Crippen molar-refractivity contribution in [3.63, 3.8) is 0 Å². The second-order valence-electron chi connectivity index (χ2n) is 7.05. The van der Waals surface area contributed by atoms with Crippen molar-refractivity contribution < 1.29 is 14.3 Å². The van der Waals surface area contributed by atoms with E-state index in [1.807, 2.05) is 48.5 Å². The third-order valence-corrected chi connectivity index (χ3v) is 5.49. The first kappa shape index (κ1) is 21.5. The Labute approximate surface area is 193 Å². The summed E-state index contributed by atoms with van der Waals surface area (Å²) in [5, 5.41) is 6.18. The van der Waals surface area contributed by atoms with Gasteiger partial charge in [-0.25, -0.2) is 10.2 Å². The molecule has 0 bridgehead atoms. The van der Waals surface area contributed by atoms with Gasteiger partial charge in [0.05, 0.1) is 18.2 Å². The molecule has 158 valence electrons. The number of nitrogens with one attached hydrogen (secondary N) is 1. The quantitative estimate of drug-likeness (QED) is 0.169. The number of nitrogens with zero attached hydrogens (tertiary/aromatic N) is 1. The molecule has 0 radical (unpaired) electrons. The number of rotatable bonds is 6. The lowest BCUT2D eigenvalue weighted by molar-refractivity contribution is -0.120. The summed E-state index contributed by atoms with van der Waals surface area (Å²) < 4.78 is 6.11. The van der Waals surface area contributed by atoms with E-state index in [4.69, 9.17) is 4.74 Å². The van der Waals surface area contributed by atoms with Gasteiger partial charge < -0.3 is 4.74 Å². The average molecular weight is 487 g/mol. The van der Waals surface area contributed by atoms with E-state index in [2.05, 4.69) is 26.5 Å². The van der Waals surface area contributed by atoms with Crippen molar-refractivity contribution in [3.8, 4) is 5.75 Å². The topological polar surface area (TPSA) is 67.8 Å². The van der Waals surface area contributed by atoms with Gasteiger partial charge in [-0.3, -0.25) is 4.79 Å². The molecule has 0 saturated heterocycles. The SMILES string of the molecule is O=C(Cc1cccc2ccccc12)N/N=C/c1cccc(OC(=O)c2ccccc2Br)c1. The molecule has 5 nitrogen and oxygen atoms in total. The molecule has 0 aliphatic carbocycles. The number of hydrogen-bond donors (Lipinski definition) is 1. The molecule has 0 fully saturated rings. The molecule has 0 unspecified atom stereocenters. The Morgan fingerprint density at radius 2 is 1.66 bits per heavy atom. The summed E-state index contributed by atoms with van der Waals surface area (Å²) in [6.45, 7) is 0. The van der Waals surface area contributed by atoms with Crippen molar-refractivity contribution in [2.24, 2.45) is 5.10 Å². The second-order valence-corrected chi connectivity index (χ2v) is 7.90. The molecule has 0 heterocycles. The lowest BCUT2D eigenvalue weighted by Gasteiger charge is -2.07. The number of hydrogen-bond acceptors (Lipinski definition) is 4. The van der Waals surface area contributed by atoms with E-state index < -0.39 is 5.97 Å². The summed E-state index contributed by atoms with van der Waals surface area (Å²) in [7, 11) is 0. The number of hydrazone groups is 1. The summed E-state index contributed by atoms with van der Waals surface area (Å²) in [5.41, 5.74) is 4.62. The first-order valence-corrected chi connectivity index (χ1v) is 10.7. The van der Waals surface area contributed by atoms with E-state index in [0.717, 1.165) is 16.3 Å². The van der Waals surface area contributed by atoms with Crippen molar-refractivity contribution in [3.05, 3.63) is 112 Å². The number of amides is 1. The Kier molecular flexibility index (Phi) is 6.72. The van der Waals surface area contributed by atoms with E-state index in [9.17, 15) is 9.59 Å². The van der Waals surface area contributed by atoms with Crippen molar-refractivity contribution >= 4 is 44.8 Å². The second kappa shape index (κ2) is 10.0. The molecule has 32 heavy (non-hydrogen) atoms. The van der Waals surface area contributed by atoms with Gasteiger partial charge in [-0.1, -0.05) is 66.7 Å². The molecular formula is C26H19BrN2O3. The zero-order chi connectivity index (χ0) is 22.3. The molecule has 4 rings (SSSR count).